The molecule has 0 fully saturated rings. The predicted octanol–water partition coefficient (Wildman–Crippen LogP) is 5.67. The van der Waals surface area contributed by atoms with Crippen molar-refractivity contribution < 1.29 is 28.2 Å². The van der Waals surface area contributed by atoms with Crippen LogP contribution in [0.4, 0.5) is 4.39 Å². The fraction of sp³-hybridized carbons (Fsp3) is 0.182. The highest BCUT2D eigenvalue weighted by Crippen LogP contribution is 2.36. The summed E-state index contributed by atoms with van der Waals surface area (Å²) in [6.45, 7) is 0. The van der Waals surface area contributed by atoms with Crippen molar-refractivity contribution in [3.05, 3.63) is 112 Å². The van der Waals surface area contributed by atoms with Crippen molar-refractivity contribution in [3.63, 3.8) is 0 Å². The molecule has 0 radical (unpaired) electrons. The summed E-state index contributed by atoms with van der Waals surface area (Å²) in [6, 6.07) is 15.5. The third kappa shape index (κ3) is 5.34. The highest BCUT2D eigenvalue weighted by atomic mass is 19.1. The van der Waals surface area contributed by atoms with Gasteiger partial charge in [-0.3, -0.25) is 28.9 Å². The molecule has 0 atom stereocenters. The molecule has 3 heterocycles. The number of hydrogen-bond donors (Lipinski definition) is 0. The largest absolute Gasteiger partial charge is 0.493 e. The van der Waals surface area contributed by atoms with E-state index in [9.17, 15) is 18.8 Å². The van der Waals surface area contributed by atoms with Crippen LogP contribution in [0.5, 0.6) is 23.0 Å². The molecule has 1 aliphatic rings. The van der Waals surface area contributed by atoms with Crippen molar-refractivity contribution in [1.82, 2.24) is 14.5 Å². The van der Waals surface area contributed by atoms with Crippen LogP contribution in [-0.4, -0.2) is 40.3 Å². The topological polar surface area (TPSA) is 110 Å². The van der Waals surface area contributed by atoms with Gasteiger partial charge < -0.3 is 14.2 Å². The van der Waals surface area contributed by atoms with Gasteiger partial charge in [0.2, 0.25) is 0 Å². The SMILES string of the molecule is COc1cc2nccc(Oc3ccc(CC(=O)c4cc5c(n(-c6cccc(F)c6)c4=O)CCCC5=O)nc3)c2cc1OC. The van der Waals surface area contributed by atoms with Crippen LogP contribution in [-0.2, 0) is 12.8 Å². The van der Waals surface area contributed by atoms with E-state index in [-0.39, 0.29) is 23.5 Å². The number of halogens is 1. The number of fused-ring (bicyclic) bond motifs is 2. The van der Waals surface area contributed by atoms with Crippen LogP contribution in [0.25, 0.3) is 16.6 Å². The van der Waals surface area contributed by atoms with Crippen LogP contribution in [0.15, 0.2) is 77.9 Å². The summed E-state index contributed by atoms with van der Waals surface area (Å²) in [7, 11) is 3.09. The Labute approximate surface area is 245 Å². The number of aromatic nitrogens is 3. The first-order valence-electron chi connectivity index (χ1n) is 13.6. The lowest BCUT2D eigenvalue weighted by molar-refractivity contribution is 0.0971. The minimum atomic E-state index is -0.597. The van der Waals surface area contributed by atoms with Crippen molar-refractivity contribution in [2.24, 2.45) is 0 Å². The molecule has 3 aromatic heterocycles. The summed E-state index contributed by atoms with van der Waals surface area (Å²) in [5, 5.41) is 0.705. The van der Waals surface area contributed by atoms with Crippen LogP contribution in [0.2, 0.25) is 0 Å². The minimum Gasteiger partial charge on any atom is -0.493 e. The van der Waals surface area contributed by atoms with E-state index in [4.69, 9.17) is 14.2 Å². The monoisotopic (exact) mass is 579 g/mol. The average molecular weight is 580 g/mol. The van der Waals surface area contributed by atoms with E-state index in [2.05, 4.69) is 9.97 Å². The molecule has 0 unspecified atom stereocenters. The van der Waals surface area contributed by atoms with Gasteiger partial charge >= 0.3 is 0 Å². The quantitative estimate of drug-likeness (QED) is 0.216. The van der Waals surface area contributed by atoms with Gasteiger partial charge in [-0.2, -0.15) is 0 Å². The standard InChI is InChI=1S/C33H26FN3O6/c1-41-31-16-23-26(17-32(31)42-2)35-12-11-30(23)43-22-10-9-20(36-18-22)14-29(39)25-15-24-27(7-4-8-28(24)38)37(33(25)40)21-6-3-5-19(34)13-21/h3,5-6,9-13,15-18H,4,7-8,14H2,1-2H3. The molecule has 0 saturated heterocycles. The first-order chi connectivity index (χ1) is 20.9. The molecule has 0 N–H and O–H groups in total. The Morgan fingerprint density at radius 2 is 1.74 bits per heavy atom. The van der Waals surface area contributed by atoms with Crippen LogP contribution in [0, 0.1) is 5.82 Å². The smallest absolute Gasteiger partial charge is 0.266 e. The number of pyridine rings is 3. The van der Waals surface area contributed by atoms with Crippen molar-refractivity contribution in [3.8, 4) is 28.7 Å². The summed E-state index contributed by atoms with van der Waals surface area (Å²) in [5.41, 5.74) is 1.39. The number of ether oxygens (including phenoxy) is 3. The molecule has 6 rings (SSSR count). The molecule has 43 heavy (non-hydrogen) atoms. The molecule has 0 aliphatic heterocycles. The van der Waals surface area contributed by atoms with E-state index in [0.29, 0.717) is 70.1 Å². The Morgan fingerprint density at radius 1 is 0.930 bits per heavy atom. The Balaban J connectivity index is 1.28. The molecule has 0 spiro atoms. The molecule has 0 bridgehead atoms. The number of methoxy groups -OCH3 is 2. The molecule has 0 amide bonds. The Morgan fingerprint density at radius 3 is 2.49 bits per heavy atom. The second kappa shape index (κ2) is 11.5. The lowest BCUT2D eigenvalue weighted by Crippen LogP contribution is -2.32. The summed E-state index contributed by atoms with van der Waals surface area (Å²) in [5.74, 6) is 0.835. The number of ketones is 2. The number of nitrogens with zero attached hydrogens (tertiary/aromatic N) is 3. The first kappa shape index (κ1) is 27.8. The zero-order chi connectivity index (χ0) is 30.1. The Bertz CT molecular complexity index is 1950. The van der Waals surface area contributed by atoms with Gasteiger partial charge in [-0.1, -0.05) is 6.07 Å². The number of carbonyl (C=O) groups is 2. The number of benzene rings is 2. The molecular formula is C33H26FN3O6. The molecule has 9 nitrogen and oxygen atoms in total. The molecule has 5 aromatic rings. The van der Waals surface area contributed by atoms with Crippen molar-refractivity contribution >= 4 is 22.5 Å². The lowest BCUT2D eigenvalue weighted by atomic mass is 9.91. The van der Waals surface area contributed by atoms with Crippen molar-refractivity contribution in [2.45, 2.75) is 25.7 Å². The molecular weight excluding hydrogens is 553 g/mol. The van der Waals surface area contributed by atoms with E-state index < -0.39 is 17.2 Å². The fourth-order valence-corrected chi connectivity index (χ4v) is 5.28. The summed E-state index contributed by atoms with van der Waals surface area (Å²) in [6.07, 6.45) is 4.28. The summed E-state index contributed by atoms with van der Waals surface area (Å²) >= 11 is 0. The van der Waals surface area contributed by atoms with Crippen molar-refractivity contribution in [1.29, 1.82) is 0 Å². The van der Waals surface area contributed by atoms with Crippen LogP contribution in [0.3, 0.4) is 0 Å². The first-order valence-corrected chi connectivity index (χ1v) is 13.6. The van der Waals surface area contributed by atoms with E-state index in [1.807, 2.05) is 0 Å². The van der Waals surface area contributed by atoms with Gasteiger partial charge in [-0.15, -0.1) is 0 Å². The normalized spacial score (nSPS) is 12.6. The highest BCUT2D eigenvalue weighted by molar-refractivity contribution is 6.03. The van der Waals surface area contributed by atoms with Gasteiger partial charge in [0.15, 0.2) is 23.1 Å². The van der Waals surface area contributed by atoms with E-state index in [1.165, 1.54) is 35.0 Å². The number of carbonyl (C=O) groups excluding carboxylic acids is 2. The second-order valence-electron chi connectivity index (χ2n) is 10.0. The fourth-order valence-electron chi connectivity index (χ4n) is 5.28. The maximum absolute atomic E-state index is 14.1. The zero-order valence-electron chi connectivity index (χ0n) is 23.4. The summed E-state index contributed by atoms with van der Waals surface area (Å²) < 4.78 is 32.2. The molecule has 2 aromatic carbocycles. The maximum atomic E-state index is 14.1. The molecule has 1 aliphatic carbocycles. The van der Waals surface area contributed by atoms with Crippen LogP contribution < -0.4 is 19.8 Å². The van der Waals surface area contributed by atoms with Crippen LogP contribution >= 0.6 is 0 Å². The number of hydrogen-bond acceptors (Lipinski definition) is 8. The van der Waals surface area contributed by atoms with E-state index >= 15 is 0 Å². The Hall–Kier alpha value is -5.38. The predicted molar refractivity (Wildman–Crippen MR) is 156 cm³/mol. The number of rotatable bonds is 8. The van der Waals surface area contributed by atoms with Crippen LogP contribution in [0.1, 0.15) is 44.9 Å². The maximum Gasteiger partial charge on any atom is 0.266 e. The van der Waals surface area contributed by atoms with Gasteiger partial charge in [-0.25, -0.2) is 4.39 Å². The third-order valence-corrected chi connectivity index (χ3v) is 7.36. The van der Waals surface area contributed by atoms with Gasteiger partial charge in [0.1, 0.15) is 17.3 Å². The van der Waals surface area contributed by atoms with E-state index in [1.54, 1.807) is 56.8 Å². The molecule has 10 heteroatoms. The van der Waals surface area contributed by atoms with Gasteiger partial charge in [0, 0.05) is 41.0 Å². The van der Waals surface area contributed by atoms with Gasteiger partial charge in [0.05, 0.1) is 43.6 Å². The number of Topliss-reactive ketones (excluding diaryl/α,β-unsaturated/α-hetero) is 2. The average Bonchev–Trinajstić information content (AvgIpc) is 3.01. The lowest BCUT2D eigenvalue weighted by Gasteiger charge is -2.21. The Kier molecular flexibility index (Phi) is 7.41. The minimum absolute atomic E-state index is 0.145. The molecule has 216 valence electrons. The van der Waals surface area contributed by atoms with Gasteiger partial charge in [-0.05, 0) is 61.4 Å². The summed E-state index contributed by atoms with van der Waals surface area (Å²) in [4.78, 5) is 48.5. The third-order valence-electron chi connectivity index (χ3n) is 7.36. The van der Waals surface area contributed by atoms with E-state index in [0.717, 1.165) is 0 Å². The van der Waals surface area contributed by atoms with Gasteiger partial charge in [0.25, 0.3) is 5.56 Å². The zero-order valence-corrected chi connectivity index (χ0v) is 23.4. The second-order valence-corrected chi connectivity index (χ2v) is 10.0. The highest BCUT2D eigenvalue weighted by Gasteiger charge is 2.26. The molecule has 0 saturated carbocycles. The van der Waals surface area contributed by atoms with Crippen molar-refractivity contribution in [2.75, 3.05) is 14.2 Å².